The normalized spacial score (nSPS) is 16.5. The molecule has 2 aromatic carbocycles. The molecule has 174 valence electrons. The monoisotopic (exact) mass is 459 g/mol. The van der Waals surface area contributed by atoms with Crippen LogP contribution in [0.25, 0.3) is 22.6 Å². The highest BCUT2D eigenvalue weighted by atomic mass is 19.4. The Morgan fingerprint density at radius 1 is 1.00 bits per heavy atom. The molecular weight excluding hydrogens is 435 g/mol. The topological polar surface area (TPSA) is 58.8 Å². The summed E-state index contributed by atoms with van der Waals surface area (Å²) in [5, 5.41) is 4.11. The molecule has 0 amide bonds. The van der Waals surface area contributed by atoms with Crippen LogP contribution in [0.2, 0.25) is 0 Å². The van der Waals surface area contributed by atoms with Crippen LogP contribution in [0.4, 0.5) is 13.2 Å². The Kier molecular flexibility index (Phi) is 6.53. The summed E-state index contributed by atoms with van der Waals surface area (Å²) in [4.78, 5) is 15.8. The van der Waals surface area contributed by atoms with E-state index in [4.69, 9.17) is 9.26 Å². The number of aromatic nitrogens is 1. The lowest BCUT2D eigenvalue weighted by Gasteiger charge is -2.35. The molecule has 3 aromatic rings. The number of hydrogen-bond acceptors (Lipinski definition) is 6. The van der Waals surface area contributed by atoms with Gasteiger partial charge < -0.3 is 14.2 Å². The fourth-order valence-corrected chi connectivity index (χ4v) is 3.78. The molecule has 1 aliphatic rings. The fraction of sp³-hybridized carbons (Fsp3) is 0.333. The van der Waals surface area contributed by atoms with E-state index in [2.05, 4.69) is 10.1 Å². The highest BCUT2D eigenvalue weighted by Crippen LogP contribution is 2.35. The smallest absolute Gasteiger partial charge is 0.416 e. The molecule has 0 N–H and O–H groups in total. The predicted molar refractivity (Wildman–Crippen MR) is 117 cm³/mol. The first-order valence-corrected chi connectivity index (χ1v) is 10.5. The van der Waals surface area contributed by atoms with Gasteiger partial charge in [-0.05, 0) is 50.4 Å². The molecule has 4 rings (SSSR count). The van der Waals surface area contributed by atoms with Crippen molar-refractivity contribution < 1.29 is 27.2 Å². The van der Waals surface area contributed by atoms with Gasteiger partial charge in [-0.1, -0.05) is 17.3 Å². The second kappa shape index (κ2) is 9.36. The van der Waals surface area contributed by atoms with Gasteiger partial charge in [0.05, 0.1) is 5.56 Å². The van der Waals surface area contributed by atoms with Crippen molar-refractivity contribution in [3.63, 3.8) is 0 Å². The number of rotatable bonds is 6. The zero-order valence-electron chi connectivity index (χ0n) is 18.3. The Hall–Kier alpha value is -3.17. The number of aldehydes is 1. The standard InChI is InChI=1S/C24H24F3N3O3/c1-16-22(28-33-23(16)18-3-7-19(8-4-18)24(25,26)27)17-5-9-20(10-6-17)32-21(15-31)30-13-11-29(2)12-14-30/h3-10,15,21H,11-14H2,1-2H3. The van der Waals surface area contributed by atoms with Crippen LogP contribution in [0.1, 0.15) is 11.1 Å². The van der Waals surface area contributed by atoms with Crippen LogP contribution in [0, 0.1) is 6.92 Å². The molecule has 6 nitrogen and oxygen atoms in total. The number of carbonyl (C=O) groups is 1. The minimum absolute atomic E-state index is 0.412. The number of hydrogen-bond donors (Lipinski definition) is 0. The summed E-state index contributed by atoms with van der Waals surface area (Å²) in [5.74, 6) is 0.967. The Bertz CT molecular complexity index is 1090. The zero-order valence-corrected chi connectivity index (χ0v) is 18.3. The second-order valence-electron chi connectivity index (χ2n) is 8.07. The average Bonchev–Trinajstić information content (AvgIpc) is 3.19. The SMILES string of the molecule is Cc1c(-c2ccc(OC(C=O)N3CCN(C)CC3)cc2)noc1-c1ccc(C(F)(F)F)cc1. The van der Waals surface area contributed by atoms with Gasteiger partial charge in [0.25, 0.3) is 0 Å². The van der Waals surface area contributed by atoms with E-state index in [9.17, 15) is 18.0 Å². The molecule has 1 atom stereocenters. The molecule has 0 bridgehead atoms. The summed E-state index contributed by atoms with van der Waals surface area (Å²) in [5.41, 5.74) is 1.86. The predicted octanol–water partition coefficient (Wildman–Crippen LogP) is 4.49. The van der Waals surface area contributed by atoms with Crippen molar-refractivity contribution in [1.82, 2.24) is 15.0 Å². The minimum atomic E-state index is -4.39. The fourth-order valence-electron chi connectivity index (χ4n) is 3.78. The zero-order chi connectivity index (χ0) is 23.6. The van der Waals surface area contributed by atoms with E-state index in [1.54, 1.807) is 19.1 Å². The van der Waals surface area contributed by atoms with E-state index in [0.29, 0.717) is 28.3 Å². The van der Waals surface area contributed by atoms with E-state index in [-0.39, 0.29) is 0 Å². The number of carbonyl (C=O) groups excluding carboxylic acids is 1. The molecule has 1 aliphatic heterocycles. The van der Waals surface area contributed by atoms with E-state index in [0.717, 1.165) is 50.2 Å². The van der Waals surface area contributed by atoms with Gasteiger partial charge in [-0.15, -0.1) is 0 Å². The third-order valence-corrected chi connectivity index (χ3v) is 5.80. The maximum Gasteiger partial charge on any atom is 0.416 e. The molecule has 0 spiro atoms. The molecule has 1 unspecified atom stereocenters. The van der Waals surface area contributed by atoms with Gasteiger partial charge >= 0.3 is 6.18 Å². The van der Waals surface area contributed by atoms with Crippen LogP contribution in [-0.2, 0) is 11.0 Å². The first-order valence-electron chi connectivity index (χ1n) is 10.5. The Labute approximate surface area is 189 Å². The van der Waals surface area contributed by atoms with Gasteiger partial charge in [0.2, 0.25) is 6.23 Å². The summed E-state index contributed by atoms with van der Waals surface area (Å²) in [7, 11) is 2.04. The Morgan fingerprint density at radius 2 is 1.61 bits per heavy atom. The van der Waals surface area contributed by atoms with Crippen LogP contribution in [-0.4, -0.2) is 60.7 Å². The van der Waals surface area contributed by atoms with Gasteiger partial charge in [0.1, 0.15) is 11.4 Å². The number of ether oxygens (including phenoxy) is 1. The maximum atomic E-state index is 12.8. The first kappa shape index (κ1) is 23.0. The third-order valence-electron chi connectivity index (χ3n) is 5.80. The number of alkyl halides is 3. The molecule has 2 heterocycles. The lowest BCUT2D eigenvalue weighted by molar-refractivity contribution is -0.137. The summed E-state index contributed by atoms with van der Waals surface area (Å²) >= 11 is 0. The van der Waals surface area contributed by atoms with E-state index in [1.807, 2.05) is 24.1 Å². The van der Waals surface area contributed by atoms with Crippen molar-refractivity contribution in [1.29, 1.82) is 0 Å². The van der Waals surface area contributed by atoms with Crippen LogP contribution in [0.15, 0.2) is 53.1 Å². The highest BCUT2D eigenvalue weighted by Gasteiger charge is 2.30. The summed E-state index contributed by atoms with van der Waals surface area (Å²) in [6.45, 7) is 5.06. The Balaban J connectivity index is 1.48. The van der Waals surface area contributed by atoms with Crippen LogP contribution >= 0.6 is 0 Å². The number of nitrogens with zero attached hydrogens (tertiary/aromatic N) is 3. The number of benzene rings is 2. The largest absolute Gasteiger partial charge is 0.468 e. The van der Waals surface area contributed by atoms with Gasteiger partial charge in [-0.3, -0.25) is 9.69 Å². The molecule has 0 saturated carbocycles. The van der Waals surface area contributed by atoms with Crippen LogP contribution in [0.5, 0.6) is 5.75 Å². The quantitative estimate of drug-likeness (QED) is 0.507. The number of likely N-dealkylation sites (N-methyl/N-ethyl adjacent to an activating group) is 1. The van der Waals surface area contributed by atoms with Crippen molar-refractivity contribution >= 4 is 6.29 Å². The van der Waals surface area contributed by atoms with Crippen molar-refractivity contribution in [2.75, 3.05) is 33.2 Å². The van der Waals surface area contributed by atoms with Crippen molar-refractivity contribution in [3.05, 3.63) is 59.7 Å². The number of halogens is 3. The van der Waals surface area contributed by atoms with Crippen molar-refractivity contribution in [2.45, 2.75) is 19.3 Å². The first-order chi connectivity index (χ1) is 15.8. The minimum Gasteiger partial charge on any atom is -0.468 e. The summed E-state index contributed by atoms with van der Waals surface area (Å²) in [6, 6.07) is 11.9. The molecule has 9 heteroatoms. The average molecular weight is 459 g/mol. The van der Waals surface area contributed by atoms with Crippen molar-refractivity contribution in [3.8, 4) is 28.3 Å². The summed E-state index contributed by atoms with van der Waals surface area (Å²) < 4.78 is 49.8. The van der Waals surface area contributed by atoms with Gasteiger partial charge in [-0.2, -0.15) is 13.2 Å². The lowest BCUT2D eigenvalue weighted by atomic mass is 10.0. The van der Waals surface area contributed by atoms with Crippen LogP contribution < -0.4 is 4.74 Å². The maximum absolute atomic E-state index is 12.8. The van der Waals surface area contributed by atoms with Crippen LogP contribution in [0.3, 0.4) is 0 Å². The van der Waals surface area contributed by atoms with E-state index in [1.165, 1.54) is 12.1 Å². The summed E-state index contributed by atoms with van der Waals surface area (Å²) in [6.07, 6.45) is -4.24. The van der Waals surface area contributed by atoms with E-state index < -0.39 is 18.0 Å². The van der Waals surface area contributed by atoms with Gasteiger partial charge in [0.15, 0.2) is 12.0 Å². The number of piperazine rings is 1. The second-order valence-corrected chi connectivity index (χ2v) is 8.07. The molecule has 0 aliphatic carbocycles. The molecule has 1 fully saturated rings. The van der Waals surface area contributed by atoms with Crippen molar-refractivity contribution in [2.24, 2.45) is 0 Å². The highest BCUT2D eigenvalue weighted by molar-refractivity contribution is 5.72. The third kappa shape index (κ3) is 5.09. The molecule has 1 aromatic heterocycles. The molecule has 33 heavy (non-hydrogen) atoms. The van der Waals surface area contributed by atoms with Gasteiger partial charge in [-0.25, -0.2) is 0 Å². The Morgan fingerprint density at radius 3 is 2.18 bits per heavy atom. The van der Waals surface area contributed by atoms with Gasteiger partial charge in [0, 0.05) is 42.9 Å². The lowest BCUT2D eigenvalue weighted by Crippen LogP contribution is -2.51. The van der Waals surface area contributed by atoms with E-state index >= 15 is 0 Å². The molecule has 0 radical (unpaired) electrons. The molecular formula is C24H24F3N3O3. The molecule has 1 saturated heterocycles.